The normalized spacial score (nSPS) is 16.4. The van der Waals surface area contributed by atoms with Gasteiger partial charge in [0.05, 0.1) is 18.3 Å². The summed E-state index contributed by atoms with van der Waals surface area (Å²) in [6.07, 6.45) is 3.21. The number of aromatic amines is 2. The number of carbonyl (C=O) groups is 1. The monoisotopic (exact) mass is 409 g/mol. The zero-order valence-corrected chi connectivity index (χ0v) is 18.2. The van der Waals surface area contributed by atoms with E-state index in [0.717, 1.165) is 47.2 Å². The van der Waals surface area contributed by atoms with E-state index in [9.17, 15) is 4.79 Å². The summed E-state index contributed by atoms with van der Waals surface area (Å²) in [7, 11) is 1.77. The molecular formula is C23H31N5O2. The molecule has 2 heterocycles. The summed E-state index contributed by atoms with van der Waals surface area (Å²) >= 11 is 0. The van der Waals surface area contributed by atoms with Gasteiger partial charge >= 0.3 is 0 Å². The number of benzene rings is 1. The number of nitrogens with zero attached hydrogens (tertiary/aromatic N) is 2. The number of H-pyrrole nitrogens is 2. The molecule has 0 spiro atoms. The molecule has 2 aromatic heterocycles. The van der Waals surface area contributed by atoms with Gasteiger partial charge in [-0.2, -0.15) is 5.10 Å². The quantitative estimate of drug-likeness (QED) is 0.503. The van der Waals surface area contributed by atoms with Gasteiger partial charge in [-0.1, -0.05) is 19.9 Å². The fourth-order valence-electron chi connectivity index (χ4n) is 4.31. The van der Waals surface area contributed by atoms with E-state index < -0.39 is 0 Å². The fraction of sp³-hybridized carbons (Fsp3) is 0.478. The molecular weight excluding hydrogens is 378 g/mol. The molecule has 1 amide bonds. The first-order valence-electron chi connectivity index (χ1n) is 10.6. The number of likely N-dealkylation sites (N-methyl/N-ethyl adjacent to an activating group) is 1. The predicted octanol–water partition coefficient (Wildman–Crippen LogP) is 3.01. The lowest BCUT2D eigenvalue weighted by atomic mass is 9.76. The Morgan fingerprint density at radius 3 is 2.93 bits per heavy atom. The number of aliphatic hydroxyl groups excluding tert-OH is 1. The summed E-state index contributed by atoms with van der Waals surface area (Å²) in [6.45, 7) is 6.82. The molecule has 7 nitrogen and oxygen atoms in total. The van der Waals surface area contributed by atoms with Gasteiger partial charge in [0.2, 0.25) is 5.91 Å². The van der Waals surface area contributed by atoms with Crippen LogP contribution in [0.1, 0.15) is 38.4 Å². The summed E-state index contributed by atoms with van der Waals surface area (Å²) in [5, 5.41) is 20.9. The molecule has 0 bridgehead atoms. The van der Waals surface area contributed by atoms with Crippen molar-refractivity contribution in [2.75, 3.05) is 25.1 Å². The molecule has 1 aliphatic rings. The van der Waals surface area contributed by atoms with E-state index in [1.54, 1.807) is 11.9 Å². The Bertz CT molecular complexity index is 1060. The number of carbonyl (C=O) groups excluding carboxylic acids is 1. The van der Waals surface area contributed by atoms with E-state index in [4.69, 9.17) is 5.11 Å². The van der Waals surface area contributed by atoms with Crippen molar-refractivity contribution >= 4 is 22.5 Å². The average Bonchev–Trinajstić information content (AvgIpc) is 3.32. The standard InChI is InChI=1S/C23H31N5O2/c1-14(24-9-10-29)22(30)28(4)16-6-5-15-11-19(25-18(15)12-16)21-17-7-8-23(2,3)13-20(17)26-27-21/h5-6,11-12,14,24-25,29H,7-10,13H2,1-4H3,(H,26,27). The van der Waals surface area contributed by atoms with Crippen molar-refractivity contribution in [2.45, 2.75) is 46.1 Å². The third-order valence-corrected chi connectivity index (χ3v) is 6.17. The highest BCUT2D eigenvalue weighted by atomic mass is 16.3. The van der Waals surface area contributed by atoms with E-state index >= 15 is 0 Å². The molecule has 3 aromatic rings. The Morgan fingerprint density at radius 2 is 2.17 bits per heavy atom. The smallest absolute Gasteiger partial charge is 0.243 e. The summed E-state index contributed by atoms with van der Waals surface area (Å²) in [5.74, 6) is -0.0430. The summed E-state index contributed by atoms with van der Waals surface area (Å²) < 4.78 is 0. The van der Waals surface area contributed by atoms with Gasteiger partial charge in [-0.05, 0) is 49.8 Å². The van der Waals surface area contributed by atoms with Crippen molar-refractivity contribution in [3.05, 3.63) is 35.5 Å². The van der Waals surface area contributed by atoms with Gasteiger partial charge < -0.3 is 20.3 Å². The molecule has 0 saturated carbocycles. The molecule has 1 aliphatic carbocycles. The van der Waals surface area contributed by atoms with Gasteiger partial charge in [0.25, 0.3) is 0 Å². The number of aliphatic hydroxyl groups is 1. The van der Waals surface area contributed by atoms with Crippen LogP contribution in [0.15, 0.2) is 24.3 Å². The number of rotatable bonds is 6. The number of nitrogens with one attached hydrogen (secondary N) is 3. The van der Waals surface area contributed by atoms with Crippen molar-refractivity contribution < 1.29 is 9.90 Å². The number of fused-ring (bicyclic) bond motifs is 2. The second-order valence-corrected chi connectivity index (χ2v) is 9.12. The van der Waals surface area contributed by atoms with Crippen LogP contribution in [0, 0.1) is 5.41 Å². The van der Waals surface area contributed by atoms with Crippen molar-refractivity contribution in [1.29, 1.82) is 0 Å². The highest BCUT2D eigenvalue weighted by Crippen LogP contribution is 2.38. The fourth-order valence-corrected chi connectivity index (χ4v) is 4.31. The van der Waals surface area contributed by atoms with Crippen LogP contribution in [-0.2, 0) is 17.6 Å². The van der Waals surface area contributed by atoms with Crippen LogP contribution < -0.4 is 10.2 Å². The Balaban J connectivity index is 1.60. The van der Waals surface area contributed by atoms with Crippen LogP contribution in [-0.4, -0.2) is 52.4 Å². The van der Waals surface area contributed by atoms with Crippen molar-refractivity contribution in [2.24, 2.45) is 5.41 Å². The Morgan fingerprint density at radius 1 is 1.37 bits per heavy atom. The zero-order chi connectivity index (χ0) is 21.5. The topological polar surface area (TPSA) is 97.0 Å². The molecule has 4 rings (SSSR count). The first-order valence-corrected chi connectivity index (χ1v) is 10.6. The first kappa shape index (κ1) is 20.6. The Kier molecular flexibility index (Phi) is 5.42. The number of hydrogen-bond donors (Lipinski definition) is 4. The van der Waals surface area contributed by atoms with Crippen LogP contribution in [0.4, 0.5) is 5.69 Å². The highest BCUT2D eigenvalue weighted by Gasteiger charge is 2.29. The second kappa shape index (κ2) is 7.89. The predicted molar refractivity (Wildman–Crippen MR) is 120 cm³/mol. The maximum atomic E-state index is 12.6. The molecule has 0 saturated heterocycles. The lowest BCUT2D eigenvalue weighted by Gasteiger charge is -2.28. The van der Waals surface area contributed by atoms with Gasteiger partial charge in [0.1, 0.15) is 5.69 Å². The van der Waals surface area contributed by atoms with Crippen LogP contribution in [0.5, 0.6) is 0 Å². The van der Waals surface area contributed by atoms with E-state index in [1.807, 2.05) is 25.1 Å². The minimum absolute atomic E-state index is 0.00688. The van der Waals surface area contributed by atoms with Gasteiger partial charge in [0, 0.05) is 41.4 Å². The molecule has 0 radical (unpaired) electrons. The van der Waals surface area contributed by atoms with Crippen LogP contribution in [0.2, 0.25) is 0 Å². The molecule has 0 aliphatic heterocycles. The number of anilines is 1. The van der Waals surface area contributed by atoms with Crippen LogP contribution in [0.3, 0.4) is 0 Å². The zero-order valence-electron chi connectivity index (χ0n) is 18.2. The van der Waals surface area contributed by atoms with Gasteiger partial charge in [-0.15, -0.1) is 0 Å². The number of aromatic nitrogens is 3. The third kappa shape index (κ3) is 3.87. The molecule has 7 heteroatoms. The summed E-state index contributed by atoms with van der Waals surface area (Å²) in [5.41, 5.74) is 6.69. The largest absolute Gasteiger partial charge is 0.395 e. The maximum absolute atomic E-state index is 12.6. The summed E-state index contributed by atoms with van der Waals surface area (Å²) in [4.78, 5) is 17.8. The molecule has 1 aromatic carbocycles. The van der Waals surface area contributed by atoms with Crippen molar-refractivity contribution in [3.63, 3.8) is 0 Å². The van der Waals surface area contributed by atoms with E-state index in [1.165, 1.54) is 11.3 Å². The molecule has 4 N–H and O–H groups in total. The van der Waals surface area contributed by atoms with Crippen LogP contribution >= 0.6 is 0 Å². The number of amides is 1. The number of hydrogen-bond acceptors (Lipinski definition) is 4. The minimum atomic E-state index is -0.364. The van der Waals surface area contributed by atoms with Crippen LogP contribution in [0.25, 0.3) is 22.3 Å². The van der Waals surface area contributed by atoms with E-state index in [0.29, 0.717) is 12.0 Å². The first-order chi connectivity index (χ1) is 14.3. The third-order valence-electron chi connectivity index (χ3n) is 6.17. The van der Waals surface area contributed by atoms with E-state index in [2.05, 4.69) is 40.4 Å². The minimum Gasteiger partial charge on any atom is -0.395 e. The van der Waals surface area contributed by atoms with Crippen molar-refractivity contribution in [3.8, 4) is 11.4 Å². The molecule has 30 heavy (non-hydrogen) atoms. The summed E-state index contributed by atoms with van der Waals surface area (Å²) in [6, 6.07) is 7.75. The SMILES string of the molecule is CC(NCCO)C(=O)N(C)c1ccc2cc(-c3n[nH]c4c3CCC(C)(C)C4)[nH]c2c1. The second-order valence-electron chi connectivity index (χ2n) is 9.12. The highest BCUT2D eigenvalue weighted by molar-refractivity contribution is 5.98. The average molecular weight is 410 g/mol. The van der Waals surface area contributed by atoms with Gasteiger partial charge in [-0.3, -0.25) is 9.89 Å². The lowest BCUT2D eigenvalue weighted by molar-refractivity contribution is -0.119. The Labute approximate surface area is 176 Å². The Hall–Kier alpha value is -2.64. The molecule has 160 valence electrons. The van der Waals surface area contributed by atoms with Gasteiger partial charge in [-0.25, -0.2) is 0 Å². The van der Waals surface area contributed by atoms with E-state index in [-0.39, 0.29) is 18.6 Å². The molecule has 1 unspecified atom stereocenters. The molecule has 1 atom stereocenters. The molecule has 0 fully saturated rings. The van der Waals surface area contributed by atoms with Crippen molar-refractivity contribution in [1.82, 2.24) is 20.5 Å². The van der Waals surface area contributed by atoms with Gasteiger partial charge in [0.15, 0.2) is 0 Å². The maximum Gasteiger partial charge on any atom is 0.243 e. The lowest BCUT2D eigenvalue weighted by Crippen LogP contribution is -2.44.